The van der Waals surface area contributed by atoms with E-state index in [4.69, 9.17) is 0 Å². The number of unbranched alkanes of at least 4 members (excludes halogenated alkanes) is 1. The predicted octanol–water partition coefficient (Wildman–Crippen LogP) is 5.09. The summed E-state index contributed by atoms with van der Waals surface area (Å²) < 4.78 is 0. The van der Waals surface area contributed by atoms with Crippen LogP contribution in [0.1, 0.15) is 89.6 Å². The number of carbonyl (C=O) groups is 1. The first kappa shape index (κ1) is 21.0. The van der Waals surface area contributed by atoms with E-state index in [2.05, 4.69) is 58.2 Å². The number of nitrogens with one attached hydrogen (secondary N) is 2. The van der Waals surface area contributed by atoms with Crippen molar-refractivity contribution in [2.24, 2.45) is 5.92 Å². The second kappa shape index (κ2) is 8.56. The number of piperidine rings is 1. The quantitative estimate of drug-likeness (QED) is 0.712. The van der Waals surface area contributed by atoms with Crippen LogP contribution in [0.3, 0.4) is 0 Å². The van der Waals surface area contributed by atoms with Crippen LogP contribution < -0.4 is 10.6 Å². The zero-order valence-electron chi connectivity index (χ0n) is 17.6. The van der Waals surface area contributed by atoms with Crippen LogP contribution in [-0.2, 0) is 6.42 Å². The molecule has 0 spiro atoms. The van der Waals surface area contributed by atoms with Crippen molar-refractivity contribution in [3.63, 3.8) is 0 Å². The molecule has 0 bridgehead atoms. The fourth-order valence-electron chi connectivity index (χ4n) is 4.35. The van der Waals surface area contributed by atoms with E-state index in [-0.39, 0.29) is 23.0 Å². The van der Waals surface area contributed by atoms with Gasteiger partial charge in [-0.05, 0) is 63.5 Å². The molecule has 1 fully saturated rings. The molecule has 1 saturated heterocycles. The van der Waals surface area contributed by atoms with Crippen LogP contribution in [0.2, 0.25) is 0 Å². The SMILES string of the molecule is CCCCc1ccccc1C(=O)NC1CC(C)(CC)NC(C)(CC)C1C. The Hall–Kier alpha value is -1.35. The lowest BCUT2D eigenvalue weighted by atomic mass is 9.69. The summed E-state index contributed by atoms with van der Waals surface area (Å²) in [6.07, 6.45) is 6.34. The average Bonchev–Trinajstić information content (AvgIpc) is 2.64. The lowest BCUT2D eigenvalue weighted by Crippen LogP contribution is -2.68. The zero-order valence-corrected chi connectivity index (χ0v) is 17.6. The van der Waals surface area contributed by atoms with Crippen molar-refractivity contribution in [1.29, 1.82) is 0 Å². The van der Waals surface area contributed by atoms with Gasteiger partial charge in [0.25, 0.3) is 5.91 Å². The van der Waals surface area contributed by atoms with Crippen LogP contribution in [0.25, 0.3) is 0 Å². The van der Waals surface area contributed by atoms with Crippen LogP contribution in [-0.4, -0.2) is 23.0 Å². The lowest BCUT2D eigenvalue weighted by molar-refractivity contribution is 0.0530. The van der Waals surface area contributed by atoms with Gasteiger partial charge in [-0.2, -0.15) is 0 Å². The topological polar surface area (TPSA) is 41.1 Å². The fourth-order valence-corrected chi connectivity index (χ4v) is 4.35. The third-order valence-electron chi connectivity index (χ3n) is 6.76. The highest BCUT2D eigenvalue weighted by atomic mass is 16.1. The molecule has 0 aromatic heterocycles. The van der Waals surface area contributed by atoms with Crippen molar-refractivity contribution < 1.29 is 4.79 Å². The maximum absolute atomic E-state index is 13.1. The number of aryl methyl sites for hydroxylation is 1. The van der Waals surface area contributed by atoms with Crippen molar-refractivity contribution in [2.75, 3.05) is 0 Å². The van der Waals surface area contributed by atoms with E-state index >= 15 is 0 Å². The van der Waals surface area contributed by atoms with Gasteiger partial charge >= 0.3 is 0 Å². The van der Waals surface area contributed by atoms with Gasteiger partial charge in [0, 0.05) is 22.7 Å². The zero-order chi connectivity index (χ0) is 19.4. The maximum Gasteiger partial charge on any atom is 0.251 e. The number of amides is 1. The van der Waals surface area contributed by atoms with E-state index in [9.17, 15) is 4.79 Å². The molecular weight excluding hydrogens is 320 g/mol. The minimum atomic E-state index is 0.0443. The number of rotatable bonds is 7. The molecule has 1 aliphatic heterocycles. The highest BCUT2D eigenvalue weighted by Crippen LogP contribution is 2.37. The summed E-state index contributed by atoms with van der Waals surface area (Å²) in [6, 6.07) is 8.28. The van der Waals surface area contributed by atoms with E-state index in [0.29, 0.717) is 5.92 Å². The van der Waals surface area contributed by atoms with E-state index in [0.717, 1.165) is 44.1 Å². The number of benzene rings is 1. The van der Waals surface area contributed by atoms with E-state index in [1.165, 1.54) is 5.56 Å². The average molecular weight is 359 g/mol. The van der Waals surface area contributed by atoms with Gasteiger partial charge in [-0.1, -0.05) is 52.3 Å². The smallest absolute Gasteiger partial charge is 0.251 e. The molecule has 2 rings (SSSR count). The van der Waals surface area contributed by atoms with Crippen molar-refractivity contribution in [1.82, 2.24) is 10.6 Å². The summed E-state index contributed by atoms with van der Waals surface area (Å²) in [5, 5.41) is 7.29. The van der Waals surface area contributed by atoms with Crippen molar-refractivity contribution in [3.05, 3.63) is 35.4 Å². The first-order valence-electron chi connectivity index (χ1n) is 10.5. The van der Waals surface area contributed by atoms with Gasteiger partial charge in [-0.15, -0.1) is 0 Å². The standard InChI is InChI=1S/C23H38N2O/c1-7-10-13-18-14-11-12-15-19(18)21(26)24-20-16-22(5,8-2)25-23(6,9-3)17(20)4/h11-12,14-15,17,20,25H,7-10,13,16H2,1-6H3,(H,24,26). The summed E-state index contributed by atoms with van der Waals surface area (Å²) in [5.41, 5.74) is 2.13. The Kier molecular flexibility index (Phi) is 6.90. The molecule has 1 amide bonds. The molecular formula is C23H38N2O. The van der Waals surface area contributed by atoms with Gasteiger partial charge in [-0.25, -0.2) is 0 Å². The summed E-state index contributed by atoms with van der Waals surface area (Å²) in [5.74, 6) is 0.478. The van der Waals surface area contributed by atoms with Crippen LogP contribution in [0.5, 0.6) is 0 Å². The first-order chi connectivity index (χ1) is 12.3. The Balaban J connectivity index is 2.22. The molecule has 3 nitrogen and oxygen atoms in total. The van der Waals surface area contributed by atoms with Crippen LogP contribution in [0.4, 0.5) is 0 Å². The highest BCUT2D eigenvalue weighted by molar-refractivity contribution is 5.95. The molecule has 26 heavy (non-hydrogen) atoms. The number of hydrogen-bond donors (Lipinski definition) is 2. The Morgan fingerprint density at radius 3 is 2.50 bits per heavy atom. The first-order valence-corrected chi connectivity index (χ1v) is 10.5. The van der Waals surface area contributed by atoms with Crippen molar-refractivity contribution in [2.45, 2.75) is 97.2 Å². The molecule has 4 unspecified atom stereocenters. The highest BCUT2D eigenvalue weighted by Gasteiger charge is 2.46. The molecule has 0 radical (unpaired) electrons. The molecule has 146 valence electrons. The second-order valence-electron chi connectivity index (χ2n) is 8.64. The van der Waals surface area contributed by atoms with Gasteiger partial charge in [0.05, 0.1) is 0 Å². The molecule has 3 heteroatoms. The normalized spacial score (nSPS) is 31.6. The monoisotopic (exact) mass is 358 g/mol. The number of carbonyl (C=O) groups excluding carboxylic acids is 1. The minimum absolute atomic E-state index is 0.0443. The maximum atomic E-state index is 13.1. The fraction of sp³-hybridized carbons (Fsp3) is 0.696. The predicted molar refractivity (Wildman–Crippen MR) is 111 cm³/mol. The molecule has 1 heterocycles. The van der Waals surface area contributed by atoms with Gasteiger partial charge in [0.2, 0.25) is 0 Å². The Morgan fingerprint density at radius 1 is 1.19 bits per heavy atom. The lowest BCUT2D eigenvalue weighted by Gasteiger charge is -2.53. The third-order valence-corrected chi connectivity index (χ3v) is 6.76. The van der Waals surface area contributed by atoms with Gasteiger partial charge in [0.1, 0.15) is 0 Å². The largest absolute Gasteiger partial charge is 0.349 e. The molecule has 1 aliphatic rings. The van der Waals surface area contributed by atoms with E-state index in [1.54, 1.807) is 0 Å². The molecule has 1 aromatic carbocycles. The minimum Gasteiger partial charge on any atom is -0.349 e. The summed E-state index contributed by atoms with van der Waals surface area (Å²) in [7, 11) is 0. The molecule has 1 aromatic rings. The van der Waals surface area contributed by atoms with Crippen molar-refractivity contribution in [3.8, 4) is 0 Å². The summed E-state index contributed by atoms with van der Waals surface area (Å²) >= 11 is 0. The molecule has 0 aliphatic carbocycles. The van der Waals surface area contributed by atoms with Crippen LogP contribution >= 0.6 is 0 Å². The van der Waals surface area contributed by atoms with E-state index in [1.807, 2.05) is 18.2 Å². The van der Waals surface area contributed by atoms with Crippen LogP contribution in [0.15, 0.2) is 24.3 Å². The third kappa shape index (κ3) is 4.49. The molecule has 0 saturated carbocycles. The second-order valence-corrected chi connectivity index (χ2v) is 8.64. The van der Waals surface area contributed by atoms with E-state index < -0.39 is 0 Å². The van der Waals surface area contributed by atoms with Crippen molar-refractivity contribution >= 4 is 5.91 Å². The van der Waals surface area contributed by atoms with Gasteiger partial charge in [0.15, 0.2) is 0 Å². The Morgan fingerprint density at radius 2 is 1.88 bits per heavy atom. The van der Waals surface area contributed by atoms with Crippen LogP contribution in [0, 0.1) is 5.92 Å². The Labute approximate surface area is 160 Å². The number of hydrogen-bond acceptors (Lipinski definition) is 2. The molecule has 2 N–H and O–H groups in total. The summed E-state index contributed by atoms with van der Waals surface area (Å²) in [6.45, 7) is 13.5. The summed E-state index contributed by atoms with van der Waals surface area (Å²) in [4.78, 5) is 13.1. The Bertz CT molecular complexity index is 614. The van der Waals surface area contributed by atoms with Gasteiger partial charge < -0.3 is 10.6 Å². The molecule has 4 atom stereocenters. The van der Waals surface area contributed by atoms with Gasteiger partial charge in [-0.3, -0.25) is 4.79 Å².